The van der Waals surface area contributed by atoms with Gasteiger partial charge in [0.05, 0.1) is 0 Å². The number of hydrogen-bond acceptors (Lipinski definition) is 3. The van der Waals surface area contributed by atoms with E-state index < -0.39 is 11.8 Å². The van der Waals surface area contributed by atoms with Gasteiger partial charge >= 0.3 is 11.8 Å². The molecule has 2 atom stereocenters. The average Bonchev–Trinajstić information content (AvgIpc) is 2.96. The van der Waals surface area contributed by atoms with Crippen molar-refractivity contribution in [2.24, 2.45) is 13.0 Å². The van der Waals surface area contributed by atoms with Crippen molar-refractivity contribution in [3.8, 4) is 0 Å². The van der Waals surface area contributed by atoms with Gasteiger partial charge in [0.25, 0.3) is 0 Å². The Labute approximate surface area is 140 Å². The maximum atomic E-state index is 12.1. The molecule has 1 fully saturated rings. The van der Waals surface area contributed by atoms with Crippen molar-refractivity contribution < 1.29 is 14.7 Å². The first-order valence-electron chi connectivity index (χ1n) is 8.36. The number of nitrogens with one attached hydrogen (secondary N) is 2. The van der Waals surface area contributed by atoms with E-state index in [1.165, 1.54) is 0 Å². The van der Waals surface area contributed by atoms with E-state index >= 15 is 0 Å². The van der Waals surface area contributed by atoms with E-state index in [-0.39, 0.29) is 18.6 Å². The summed E-state index contributed by atoms with van der Waals surface area (Å²) in [6, 6.07) is 7.40. The number of amides is 2. The SMILES string of the molecule is Cn1ccc2ccc(NC(=O)C(=O)NC3CCCCC3CO)cc21. The standard InChI is InChI=1S/C18H23N3O3/c1-21-9-8-12-6-7-14(10-16(12)21)19-17(23)18(24)20-15-5-3-2-4-13(15)11-22/h6-10,13,15,22H,2-5,11H2,1H3,(H,19,23)(H,20,24). The van der Waals surface area contributed by atoms with Crippen molar-refractivity contribution in [1.82, 2.24) is 9.88 Å². The highest BCUT2D eigenvalue weighted by Gasteiger charge is 2.27. The Kier molecular flexibility index (Phi) is 4.85. The summed E-state index contributed by atoms with van der Waals surface area (Å²) in [5.41, 5.74) is 1.58. The molecule has 2 amide bonds. The highest BCUT2D eigenvalue weighted by atomic mass is 16.3. The number of carbonyl (C=O) groups excluding carboxylic acids is 2. The number of fused-ring (bicyclic) bond motifs is 1. The molecule has 24 heavy (non-hydrogen) atoms. The molecule has 0 bridgehead atoms. The number of aliphatic hydroxyl groups is 1. The number of aliphatic hydroxyl groups excluding tert-OH is 1. The summed E-state index contributed by atoms with van der Waals surface area (Å²) in [6.07, 6.45) is 5.70. The molecule has 3 N–H and O–H groups in total. The van der Waals surface area contributed by atoms with E-state index in [0.717, 1.165) is 36.6 Å². The number of hydrogen-bond donors (Lipinski definition) is 3. The zero-order chi connectivity index (χ0) is 17.1. The third kappa shape index (κ3) is 3.43. The minimum Gasteiger partial charge on any atom is -0.396 e. The van der Waals surface area contributed by atoms with Crippen molar-refractivity contribution in [2.45, 2.75) is 31.7 Å². The van der Waals surface area contributed by atoms with Crippen LogP contribution < -0.4 is 10.6 Å². The molecule has 1 heterocycles. The van der Waals surface area contributed by atoms with Crippen LogP contribution in [-0.4, -0.2) is 34.1 Å². The van der Waals surface area contributed by atoms with Gasteiger partial charge in [0.1, 0.15) is 0 Å². The zero-order valence-corrected chi connectivity index (χ0v) is 13.8. The first-order chi connectivity index (χ1) is 11.6. The lowest BCUT2D eigenvalue weighted by Gasteiger charge is -2.30. The molecular weight excluding hydrogens is 306 g/mol. The normalized spacial score (nSPS) is 20.8. The second-order valence-corrected chi connectivity index (χ2v) is 6.46. The van der Waals surface area contributed by atoms with E-state index in [2.05, 4.69) is 10.6 Å². The van der Waals surface area contributed by atoms with Crippen LogP contribution in [0.3, 0.4) is 0 Å². The van der Waals surface area contributed by atoms with Crippen LogP contribution in [-0.2, 0) is 16.6 Å². The highest BCUT2D eigenvalue weighted by molar-refractivity contribution is 6.39. The average molecular weight is 329 g/mol. The monoisotopic (exact) mass is 329 g/mol. The first-order valence-corrected chi connectivity index (χ1v) is 8.36. The van der Waals surface area contributed by atoms with Crippen LogP contribution in [0.1, 0.15) is 25.7 Å². The molecule has 0 saturated heterocycles. The minimum absolute atomic E-state index is 0.0372. The third-order valence-electron chi connectivity index (χ3n) is 4.81. The molecule has 6 nitrogen and oxygen atoms in total. The summed E-state index contributed by atoms with van der Waals surface area (Å²) in [7, 11) is 1.93. The second kappa shape index (κ2) is 7.05. The number of carbonyl (C=O) groups is 2. The molecular formula is C18H23N3O3. The number of anilines is 1. The fraction of sp³-hybridized carbons (Fsp3) is 0.444. The smallest absolute Gasteiger partial charge is 0.313 e. The van der Waals surface area contributed by atoms with Crippen LogP contribution in [0.25, 0.3) is 10.9 Å². The van der Waals surface area contributed by atoms with Gasteiger partial charge in [-0.3, -0.25) is 9.59 Å². The fourth-order valence-corrected chi connectivity index (χ4v) is 3.38. The van der Waals surface area contributed by atoms with Gasteiger partial charge in [-0.15, -0.1) is 0 Å². The largest absolute Gasteiger partial charge is 0.396 e. The molecule has 1 saturated carbocycles. The Morgan fingerprint density at radius 3 is 2.79 bits per heavy atom. The molecule has 0 aliphatic heterocycles. The molecule has 2 unspecified atom stereocenters. The summed E-state index contributed by atoms with van der Waals surface area (Å²) in [5.74, 6) is -1.28. The van der Waals surface area contributed by atoms with E-state index in [4.69, 9.17) is 0 Å². The molecule has 1 aliphatic rings. The maximum absolute atomic E-state index is 12.1. The van der Waals surface area contributed by atoms with Gasteiger partial charge in [0.2, 0.25) is 0 Å². The molecule has 128 valence electrons. The van der Waals surface area contributed by atoms with Gasteiger partial charge in [-0.2, -0.15) is 0 Å². The van der Waals surface area contributed by atoms with E-state index in [1.54, 1.807) is 6.07 Å². The summed E-state index contributed by atoms with van der Waals surface area (Å²) >= 11 is 0. The maximum Gasteiger partial charge on any atom is 0.313 e. The van der Waals surface area contributed by atoms with E-state index in [1.807, 2.05) is 36.0 Å². The summed E-state index contributed by atoms with van der Waals surface area (Å²) in [6.45, 7) is 0.0384. The lowest BCUT2D eigenvalue weighted by atomic mass is 9.85. The Morgan fingerprint density at radius 1 is 1.21 bits per heavy atom. The van der Waals surface area contributed by atoms with Crippen LogP contribution >= 0.6 is 0 Å². The fourth-order valence-electron chi connectivity index (χ4n) is 3.38. The molecule has 2 aromatic rings. The number of aryl methyl sites for hydroxylation is 1. The van der Waals surface area contributed by atoms with Crippen LogP contribution in [0.15, 0.2) is 30.5 Å². The van der Waals surface area contributed by atoms with Crippen molar-refractivity contribution in [3.05, 3.63) is 30.5 Å². The van der Waals surface area contributed by atoms with Crippen molar-refractivity contribution >= 4 is 28.4 Å². The molecule has 3 rings (SSSR count). The number of nitrogens with zero attached hydrogens (tertiary/aromatic N) is 1. The molecule has 0 radical (unpaired) electrons. The Morgan fingerprint density at radius 2 is 2.00 bits per heavy atom. The van der Waals surface area contributed by atoms with Crippen LogP contribution in [0, 0.1) is 5.92 Å². The van der Waals surface area contributed by atoms with Crippen LogP contribution in [0.2, 0.25) is 0 Å². The summed E-state index contributed by atoms with van der Waals surface area (Å²) < 4.78 is 1.96. The van der Waals surface area contributed by atoms with Gasteiger partial charge in [0.15, 0.2) is 0 Å². The lowest BCUT2D eigenvalue weighted by Crippen LogP contribution is -2.47. The minimum atomic E-state index is -0.675. The van der Waals surface area contributed by atoms with E-state index in [9.17, 15) is 14.7 Å². The predicted molar refractivity (Wildman–Crippen MR) is 92.5 cm³/mol. The van der Waals surface area contributed by atoms with Crippen molar-refractivity contribution in [3.63, 3.8) is 0 Å². The predicted octanol–water partition coefficient (Wildman–Crippen LogP) is 1.78. The van der Waals surface area contributed by atoms with Gasteiger partial charge in [-0.1, -0.05) is 18.9 Å². The van der Waals surface area contributed by atoms with Gasteiger partial charge < -0.3 is 20.3 Å². The quantitative estimate of drug-likeness (QED) is 0.751. The second-order valence-electron chi connectivity index (χ2n) is 6.46. The first kappa shape index (κ1) is 16.5. The summed E-state index contributed by atoms with van der Waals surface area (Å²) in [5, 5.41) is 15.9. The van der Waals surface area contributed by atoms with Gasteiger partial charge in [-0.25, -0.2) is 0 Å². The zero-order valence-electron chi connectivity index (χ0n) is 13.8. The molecule has 1 aromatic carbocycles. The Balaban J connectivity index is 1.64. The number of rotatable bonds is 3. The van der Waals surface area contributed by atoms with Gasteiger partial charge in [-0.05, 0) is 36.4 Å². The lowest BCUT2D eigenvalue weighted by molar-refractivity contribution is -0.137. The van der Waals surface area contributed by atoms with Crippen molar-refractivity contribution in [2.75, 3.05) is 11.9 Å². The Bertz CT molecular complexity index is 753. The Hall–Kier alpha value is -2.34. The molecule has 1 aliphatic carbocycles. The highest BCUT2D eigenvalue weighted by Crippen LogP contribution is 2.24. The van der Waals surface area contributed by atoms with Crippen molar-refractivity contribution in [1.29, 1.82) is 0 Å². The number of aromatic nitrogens is 1. The molecule has 1 aromatic heterocycles. The molecule has 0 spiro atoms. The third-order valence-corrected chi connectivity index (χ3v) is 4.81. The van der Waals surface area contributed by atoms with E-state index in [0.29, 0.717) is 5.69 Å². The summed E-state index contributed by atoms with van der Waals surface area (Å²) in [4.78, 5) is 24.3. The van der Waals surface area contributed by atoms with Gasteiger partial charge in [0, 0.05) is 43.0 Å². The van der Waals surface area contributed by atoms with Crippen LogP contribution in [0.4, 0.5) is 5.69 Å². The topological polar surface area (TPSA) is 83.4 Å². The van der Waals surface area contributed by atoms with Crippen LogP contribution in [0.5, 0.6) is 0 Å². The molecule has 6 heteroatoms. The number of benzene rings is 1.